The number of phenolic OH excluding ortho intramolecular Hbond substituents is 1. The summed E-state index contributed by atoms with van der Waals surface area (Å²) in [6.07, 6.45) is -2.71. The van der Waals surface area contributed by atoms with Crippen molar-refractivity contribution in [2.75, 3.05) is 19.6 Å². The topological polar surface area (TPSA) is 584 Å². The van der Waals surface area contributed by atoms with Crippen LogP contribution in [0.4, 0.5) is 0 Å². The van der Waals surface area contributed by atoms with Gasteiger partial charge in [0.05, 0.1) is 18.9 Å². The molecule has 0 radical (unpaired) electrons. The molecular formula is C55H86N18O15. The number of nitrogens with one attached hydrogen (secondary N) is 8. The van der Waals surface area contributed by atoms with Crippen LogP contribution >= 0.6 is 0 Å². The zero-order valence-electron chi connectivity index (χ0n) is 49.6. The summed E-state index contributed by atoms with van der Waals surface area (Å²) in [5.41, 5.74) is 40.0. The van der Waals surface area contributed by atoms with Gasteiger partial charge in [-0.3, -0.25) is 62.9 Å². The predicted molar refractivity (Wildman–Crippen MR) is 322 cm³/mol. The van der Waals surface area contributed by atoms with Crippen LogP contribution in [0.5, 0.6) is 5.75 Å². The lowest BCUT2D eigenvalue weighted by Crippen LogP contribution is -2.61. The zero-order valence-corrected chi connectivity index (χ0v) is 49.6. The maximum absolute atomic E-state index is 14.6. The molecule has 26 N–H and O–H groups in total. The Morgan fingerprint density at radius 1 is 0.432 bits per heavy atom. The van der Waals surface area contributed by atoms with Gasteiger partial charge in [-0.25, -0.2) is 4.79 Å². The molecule has 0 unspecified atom stereocenters. The van der Waals surface area contributed by atoms with Crippen molar-refractivity contribution in [1.82, 2.24) is 42.5 Å². The predicted octanol–water partition coefficient (Wildman–Crippen LogP) is -4.72. The maximum atomic E-state index is 14.6. The van der Waals surface area contributed by atoms with E-state index >= 15 is 0 Å². The number of aliphatic imine (C=N–C) groups is 3. The highest BCUT2D eigenvalue weighted by Gasteiger charge is 2.37. The van der Waals surface area contributed by atoms with E-state index in [-0.39, 0.29) is 107 Å². The summed E-state index contributed by atoms with van der Waals surface area (Å²) in [6, 6.07) is -0.0939. The molecule has 0 spiro atoms. The average Bonchev–Trinajstić information content (AvgIpc) is 3.66. The van der Waals surface area contributed by atoms with E-state index in [0.29, 0.717) is 11.1 Å². The number of hydrogen-bond acceptors (Lipinski definition) is 16. The lowest BCUT2D eigenvalue weighted by molar-refractivity contribution is -0.144. The lowest BCUT2D eigenvalue weighted by atomic mass is 9.99. The van der Waals surface area contributed by atoms with Crippen LogP contribution in [-0.4, -0.2) is 177 Å². The van der Waals surface area contributed by atoms with E-state index in [0.717, 1.165) is 0 Å². The standard InChI is InChI=1S/C55H86N18O15/c1-28(2)23-37(70-49(84)38(24-31-16-18-32(74)19-17-31)69-44(79)33(56)26-41(75)76)48(83)68-35(14-9-21-64-54(59)60)46(81)66-34(13-8-20-63-53(57)58)45(80)67-36(15-10-22-65-55(61)62)47(82)73-43(29(3)4)51(86)71-39(27-42(77)78)50(85)72-40(52(87)88)25-30-11-6-5-7-12-30/h5-7,11-12,16-19,28-29,33-40,43,74H,8-10,13-15,20-27,56H2,1-4H3,(H,66,81)(H,67,80)(H,68,83)(H,69,79)(H,70,84)(H,71,86)(H,72,85)(H,73,82)(H,75,76)(H,77,78)(H,87,88)(H4,57,58,63)(H4,59,60,64)(H4,61,62,65)/t33-,34-,35-,36-,37-,38-,39-,40-,43-/m0/s1. The van der Waals surface area contributed by atoms with Crippen molar-refractivity contribution in [3.63, 3.8) is 0 Å². The molecule has 88 heavy (non-hydrogen) atoms. The number of carbonyl (C=O) groups is 11. The molecule has 0 aliphatic carbocycles. The minimum atomic E-state index is -1.84. The van der Waals surface area contributed by atoms with E-state index in [9.17, 15) is 73.2 Å². The second kappa shape index (κ2) is 38.3. The number of phenols is 1. The van der Waals surface area contributed by atoms with E-state index in [4.69, 9.17) is 40.1 Å². The van der Waals surface area contributed by atoms with Gasteiger partial charge in [0.2, 0.25) is 47.3 Å². The van der Waals surface area contributed by atoms with Crippen molar-refractivity contribution in [3.05, 3.63) is 65.7 Å². The largest absolute Gasteiger partial charge is 0.508 e. The Balaban J connectivity index is 2.59. The molecule has 0 saturated heterocycles. The van der Waals surface area contributed by atoms with Crippen LogP contribution in [0, 0.1) is 11.8 Å². The second-order valence-corrected chi connectivity index (χ2v) is 21.3. The van der Waals surface area contributed by atoms with Gasteiger partial charge in [0.1, 0.15) is 54.1 Å². The van der Waals surface area contributed by atoms with Crippen molar-refractivity contribution in [2.45, 2.75) is 153 Å². The SMILES string of the molecule is CC(C)C[C@H](NC(=O)[C@H](Cc1ccc(O)cc1)NC(=O)[C@@H](N)CC(=O)O)C(=O)N[C@@H](CCCN=C(N)N)C(=O)N[C@@H](CCCN=C(N)N)C(=O)N[C@@H](CCCN=C(N)N)C(=O)N[C@H](C(=O)N[C@@H](CC(=O)O)C(=O)N[C@@H](Cc1ccccc1)C(=O)O)C(C)C. The molecule has 33 nitrogen and oxygen atoms in total. The minimum Gasteiger partial charge on any atom is -0.508 e. The Morgan fingerprint density at radius 2 is 0.795 bits per heavy atom. The van der Waals surface area contributed by atoms with Gasteiger partial charge in [0.25, 0.3) is 0 Å². The third-order valence-electron chi connectivity index (χ3n) is 13.0. The molecule has 0 bridgehead atoms. The fourth-order valence-electron chi connectivity index (χ4n) is 8.50. The van der Waals surface area contributed by atoms with Crippen LogP contribution in [0.25, 0.3) is 0 Å². The molecule has 0 aromatic heterocycles. The number of nitrogens with zero attached hydrogens (tertiary/aromatic N) is 3. The molecule has 9 atom stereocenters. The zero-order chi connectivity index (χ0) is 66.2. The van der Waals surface area contributed by atoms with Crippen LogP contribution in [0.3, 0.4) is 0 Å². The second-order valence-electron chi connectivity index (χ2n) is 21.3. The number of carboxylic acids is 3. The van der Waals surface area contributed by atoms with Gasteiger partial charge in [-0.05, 0) is 80.0 Å². The molecule has 0 saturated carbocycles. The Kier molecular flexibility index (Phi) is 32.3. The van der Waals surface area contributed by atoms with E-state index in [2.05, 4.69) is 57.5 Å². The molecule has 2 aromatic rings. The first kappa shape index (κ1) is 74.3. The number of rotatable bonds is 40. The highest BCUT2D eigenvalue weighted by Crippen LogP contribution is 2.15. The van der Waals surface area contributed by atoms with Gasteiger partial charge >= 0.3 is 17.9 Å². The maximum Gasteiger partial charge on any atom is 0.326 e. The summed E-state index contributed by atoms with van der Waals surface area (Å²) in [4.78, 5) is 160. The van der Waals surface area contributed by atoms with E-state index < -0.39 is 138 Å². The third-order valence-corrected chi connectivity index (χ3v) is 13.0. The molecule has 0 aliphatic heterocycles. The number of benzene rings is 2. The molecule has 2 aromatic carbocycles. The van der Waals surface area contributed by atoms with Crippen LogP contribution in [0.2, 0.25) is 0 Å². The lowest BCUT2D eigenvalue weighted by Gasteiger charge is -2.29. The van der Waals surface area contributed by atoms with Crippen LogP contribution < -0.4 is 82.7 Å². The number of nitrogens with two attached hydrogens (primary N) is 7. The number of hydrogen-bond donors (Lipinski definition) is 19. The van der Waals surface area contributed by atoms with Crippen molar-refractivity contribution < 1.29 is 73.2 Å². The smallest absolute Gasteiger partial charge is 0.326 e. The Labute approximate surface area is 508 Å². The highest BCUT2D eigenvalue weighted by molar-refractivity contribution is 5.99. The summed E-state index contributed by atoms with van der Waals surface area (Å²) in [5, 5.41) is 58.8. The van der Waals surface area contributed by atoms with Gasteiger partial charge in [-0.15, -0.1) is 0 Å². The number of aromatic hydroxyl groups is 1. The Bertz CT molecular complexity index is 2770. The van der Waals surface area contributed by atoms with Crippen LogP contribution in [0.15, 0.2) is 69.6 Å². The highest BCUT2D eigenvalue weighted by atomic mass is 16.4. The number of aliphatic carboxylic acids is 3. The molecular weight excluding hydrogens is 1150 g/mol. The number of amides is 8. The van der Waals surface area contributed by atoms with E-state index in [1.165, 1.54) is 38.1 Å². The summed E-state index contributed by atoms with van der Waals surface area (Å²) in [6.45, 7) is 6.33. The van der Waals surface area contributed by atoms with Crippen LogP contribution in [-0.2, 0) is 65.6 Å². The van der Waals surface area contributed by atoms with Gasteiger partial charge in [0, 0.05) is 32.5 Å². The average molecular weight is 1240 g/mol. The number of guanidine groups is 3. The third kappa shape index (κ3) is 29.3. The fourth-order valence-corrected chi connectivity index (χ4v) is 8.50. The van der Waals surface area contributed by atoms with Gasteiger partial charge in [-0.1, -0.05) is 70.2 Å². The first-order valence-corrected chi connectivity index (χ1v) is 28.2. The molecule has 2 rings (SSSR count). The number of carbonyl (C=O) groups excluding carboxylic acids is 8. The van der Waals surface area contributed by atoms with Crippen molar-refractivity contribution >= 4 is 83.0 Å². The first-order chi connectivity index (χ1) is 41.4. The molecule has 486 valence electrons. The van der Waals surface area contributed by atoms with Crippen molar-refractivity contribution in [3.8, 4) is 5.75 Å². The van der Waals surface area contributed by atoms with Gasteiger partial charge < -0.3 is 103 Å². The van der Waals surface area contributed by atoms with Gasteiger partial charge in [0.15, 0.2) is 17.9 Å². The molecule has 0 heterocycles. The first-order valence-electron chi connectivity index (χ1n) is 28.2. The summed E-state index contributed by atoms with van der Waals surface area (Å²) in [7, 11) is 0. The molecule has 8 amide bonds. The quantitative estimate of drug-likeness (QED) is 0.0169. The van der Waals surface area contributed by atoms with Crippen molar-refractivity contribution in [1.29, 1.82) is 0 Å². The molecule has 0 fully saturated rings. The van der Waals surface area contributed by atoms with Crippen LogP contribution in [0.1, 0.15) is 96.6 Å². The van der Waals surface area contributed by atoms with E-state index in [1.807, 2.05) is 0 Å². The fraction of sp³-hybridized carbons (Fsp3) is 0.527. The van der Waals surface area contributed by atoms with E-state index in [1.54, 1.807) is 44.2 Å². The summed E-state index contributed by atoms with van der Waals surface area (Å²) >= 11 is 0. The summed E-state index contributed by atoms with van der Waals surface area (Å²) < 4.78 is 0. The molecule has 0 aliphatic rings. The Morgan fingerprint density at radius 3 is 1.22 bits per heavy atom. The van der Waals surface area contributed by atoms with Crippen molar-refractivity contribution in [2.24, 2.45) is 66.9 Å². The Hall–Kier alpha value is -9.82. The molecule has 33 heteroatoms. The minimum absolute atomic E-state index is 0.0326. The number of carboxylic acid groups (broad SMARTS) is 3. The summed E-state index contributed by atoms with van der Waals surface area (Å²) in [5.74, 6) is -14.4. The normalized spacial score (nSPS) is 14.0. The van der Waals surface area contributed by atoms with Gasteiger partial charge in [-0.2, -0.15) is 0 Å². The monoisotopic (exact) mass is 1240 g/mol.